The molecule has 0 aromatic heterocycles. The lowest BCUT2D eigenvalue weighted by Gasteiger charge is -2.37. The average Bonchev–Trinajstić information content (AvgIpc) is 2.46. The molecule has 4 heteroatoms. The molecule has 0 saturated carbocycles. The van der Waals surface area contributed by atoms with Gasteiger partial charge in [0.1, 0.15) is 0 Å². The van der Waals surface area contributed by atoms with E-state index in [-0.39, 0.29) is 17.7 Å². The van der Waals surface area contributed by atoms with Crippen LogP contribution in [0.15, 0.2) is 0 Å². The highest BCUT2D eigenvalue weighted by atomic mass is 16.2. The van der Waals surface area contributed by atoms with Gasteiger partial charge in [0.2, 0.25) is 11.8 Å². The Morgan fingerprint density at radius 3 is 2.37 bits per heavy atom. The maximum absolute atomic E-state index is 12.5. The standard InChI is InChI=1S/C15H26N2O2/c1-3-14(18)17-8-4-5-13(11-17)15(19)16-9-6-12(2)7-10-16/h12-13H,3-11H2,1-2H3. The molecule has 2 aliphatic heterocycles. The van der Waals surface area contributed by atoms with E-state index < -0.39 is 0 Å². The number of likely N-dealkylation sites (tertiary alicyclic amines) is 2. The van der Waals surface area contributed by atoms with E-state index in [4.69, 9.17) is 0 Å². The molecule has 2 saturated heterocycles. The first-order chi connectivity index (χ1) is 9.11. The largest absolute Gasteiger partial charge is 0.342 e. The summed E-state index contributed by atoms with van der Waals surface area (Å²) in [5.41, 5.74) is 0. The molecule has 1 atom stereocenters. The second-order valence-corrected chi connectivity index (χ2v) is 6.04. The quantitative estimate of drug-likeness (QED) is 0.766. The second kappa shape index (κ2) is 6.40. The van der Waals surface area contributed by atoms with E-state index in [2.05, 4.69) is 6.92 Å². The van der Waals surface area contributed by atoms with Crippen molar-refractivity contribution in [3.63, 3.8) is 0 Å². The number of hydrogen-bond acceptors (Lipinski definition) is 2. The summed E-state index contributed by atoms with van der Waals surface area (Å²) in [6.07, 6.45) is 4.69. The van der Waals surface area contributed by atoms with E-state index in [0.717, 1.165) is 51.2 Å². The minimum absolute atomic E-state index is 0.0395. The van der Waals surface area contributed by atoms with Gasteiger partial charge in [0.15, 0.2) is 0 Å². The van der Waals surface area contributed by atoms with Crippen LogP contribution in [0.4, 0.5) is 0 Å². The lowest BCUT2D eigenvalue weighted by Crippen LogP contribution is -2.48. The molecule has 2 rings (SSSR count). The summed E-state index contributed by atoms with van der Waals surface area (Å²) >= 11 is 0. The van der Waals surface area contributed by atoms with Crippen LogP contribution in [-0.2, 0) is 9.59 Å². The molecular formula is C15H26N2O2. The minimum Gasteiger partial charge on any atom is -0.342 e. The van der Waals surface area contributed by atoms with Crippen molar-refractivity contribution in [3.05, 3.63) is 0 Å². The van der Waals surface area contributed by atoms with Crippen LogP contribution >= 0.6 is 0 Å². The SMILES string of the molecule is CCC(=O)N1CCCC(C(=O)N2CCC(C)CC2)C1. The van der Waals surface area contributed by atoms with Crippen LogP contribution in [0.25, 0.3) is 0 Å². The van der Waals surface area contributed by atoms with Crippen LogP contribution in [0.1, 0.15) is 46.0 Å². The smallest absolute Gasteiger partial charge is 0.227 e. The van der Waals surface area contributed by atoms with Crippen LogP contribution < -0.4 is 0 Å². The van der Waals surface area contributed by atoms with Crippen molar-refractivity contribution in [1.29, 1.82) is 0 Å². The van der Waals surface area contributed by atoms with E-state index in [0.29, 0.717) is 13.0 Å². The summed E-state index contributed by atoms with van der Waals surface area (Å²) in [6, 6.07) is 0. The molecule has 2 amide bonds. The predicted molar refractivity (Wildman–Crippen MR) is 74.6 cm³/mol. The normalized spacial score (nSPS) is 25.5. The maximum atomic E-state index is 12.5. The van der Waals surface area contributed by atoms with Gasteiger partial charge in [-0.25, -0.2) is 0 Å². The fourth-order valence-electron chi connectivity index (χ4n) is 3.12. The first-order valence-corrected chi connectivity index (χ1v) is 7.68. The van der Waals surface area contributed by atoms with Crippen LogP contribution in [-0.4, -0.2) is 47.8 Å². The zero-order chi connectivity index (χ0) is 13.8. The molecule has 19 heavy (non-hydrogen) atoms. The maximum Gasteiger partial charge on any atom is 0.227 e. The molecular weight excluding hydrogens is 240 g/mol. The van der Waals surface area contributed by atoms with Crippen LogP contribution in [0.5, 0.6) is 0 Å². The first kappa shape index (κ1) is 14.4. The summed E-state index contributed by atoms with van der Waals surface area (Å²) in [5, 5.41) is 0. The molecule has 0 aromatic rings. The number of nitrogens with zero attached hydrogens (tertiary/aromatic N) is 2. The van der Waals surface area contributed by atoms with Crippen LogP contribution in [0.2, 0.25) is 0 Å². The van der Waals surface area contributed by atoms with Gasteiger partial charge in [-0.1, -0.05) is 13.8 Å². The summed E-state index contributed by atoms with van der Waals surface area (Å²) in [4.78, 5) is 28.2. The Bertz CT molecular complexity index is 335. The van der Waals surface area contributed by atoms with Gasteiger partial charge >= 0.3 is 0 Å². The van der Waals surface area contributed by atoms with Gasteiger partial charge in [-0.3, -0.25) is 9.59 Å². The Balaban J connectivity index is 1.90. The number of carbonyl (C=O) groups excluding carboxylic acids is 2. The number of piperidine rings is 2. The van der Waals surface area contributed by atoms with Gasteiger partial charge in [-0.15, -0.1) is 0 Å². The molecule has 0 spiro atoms. The van der Waals surface area contributed by atoms with Crippen molar-refractivity contribution in [2.24, 2.45) is 11.8 Å². The molecule has 1 unspecified atom stereocenters. The number of carbonyl (C=O) groups is 2. The van der Waals surface area contributed by atoms with Gasteiger partial charge in [0.05, 0.1) is 5.92 Å². The Hall–Kier alpha value is -1.06. The van der Waals surface area contributed by atoms with E-state index in [1.807, 2.05) is 16.7 Å². The fraction of sp³-hybridized carbons (Fsp3) is 0.867. The zero-order valence-corrected chi connectivity index (χ0v) is 12.2. The van der Waals surface area contributed by atoms with Crippen LogP contribution in [0.3, 0.4) is 0 Å². The summed E-state index contributed by atoms with van der Waals surface area (Å²) in [6.45, 7) is 7.41. The fourth-order valence-corrected chi connectivity index (χ4v) is 3.12. The molecule has 0 N–H and O–H groups in total. The minimum atomic E-state index is 0.0395. The molecule has 2 aliphatic rings. The van der Waals surface area contributed by atoms with Crippen molar-refractivity contribution in [2.45, 2.75) is 46.0 Å². The predicted octanol–water partition coefficient (Wildman–Crippen LogP) is 1.89. The topological polar surface area (TPSA) is 40.6 Å². The van der Waals surface area contributed by atoms with Crippen molar-refractivity contribution in [2.75, 3.05) is 26.2 Å². The molecule has 2 heterocycles. The highest BCUT2D eigenvalue weighted by molar-refractivity contribution is 5.81. The first-order valence-electron chi connectivity index (χ1n) is 7.68. The van der Waals surface area contributed by atoms with Gasteiger partial charge in [-0.05, 0) is 31.6 Å². The lowest BCUT2D eigenvalue weighted by molar-refractivity contribution is -0.141. The summed E-state index contributed by atoms with van der Waals surface area (Å²) < 4.78 is 0. The second-order valence-electron chi connectivity index (χ2n) is 6.04. The van der Waals surface area contributed by atoms with Gasteiger partial charge in [0, 0.05) is 32.6 Å². The van der Waals surface area contributed by atoms with Crippen LogP contribution in [0, 0.1) is 11.8 Å². The van der Waals surface area contributed by atoms with Gasteiger partial charge < -0.3 is 9.80 Å². The van der Waals surface area contributed by atoms with Crippen molar-refractivity contribution >= 4 is 11.8 Å². The summed E-state index contributed by atoms with van der Waals surface area (Å²) in [5.74, 6) is 1.25. The van der Waals surface area contributed by atoms with Crippen molar-refractivity contribution < 1.29 is 9.59 Å². The van der Waals surface area contributed by atoms with E-state index in [1.165, 1.54) is 0 Å². The van der Waals surface area contributed by atoms with E-state index in [9.17, 15) is 9.59 Å². The summed E-state index contributed by atoms with van der Waals surface area (Å²) in [7, 11) is 0. The Kier molecular flexibility index (Phi) is 4.83. The third-order valence-electron chi connectivity index (χ3n) is 4.52. The zero-order valence-electron chi connectivity index (χ0n) is 12.2. The number of rotatable bonds is 2. The lowest BCUT2D eigenvalue weighted by atomic mass is 9.93. The highest BCUT2D eigenvalue weighted by Crippen LogP contribution is 2.23. The van der Waals surface area contributed by atoms with Crippen molar-refractivity contribution in [1.82, 2.24) is 9.80 Å². The third kappa shape index (κ3) is 3.48. The molecule has 0 aromatic carbocycles. The van der Waals surface area contributed by atoms with Gasteiger partial charge in [-0.2, -0.15) is 0 Å². The highest BCUT2D eigenvalue weighted by Gasteiger charge is 2.31. The molecule has 4 nitrogen and oxygen atoms in total. The number of hydrogen-bond donors (Lipinski definition) is 0. The van der Waals surface area contributed by atoms with E-state index >= 15 is 0 Å². The molecule has 0 aliphatic carbocycles. The van der Waals surface area contributed by atoms with Gasteiger partial charge in [0.25, 0.3) is 0 Å². The Morgan fingerprint density at radius 2 is 1.74 bits per heavy atom. The van der Waals surface area contributed by atoms with Crippen molar-refractivity contribution in [3.8, 4) is 0 Å². The third-order valence-corrected chi connectivity index (χ3v) is 4.52. The molecule has 0 radical (unpaired) electrons. The molecule has 2 fully saturated rings. The Morgan fingerprint density at radius 1 is 1.05 bits per heavy atom. The van der Waals surface area contributed by atoms with E-state index in [1.54, 1.807) is 0 Å². The molecule has 108 valence electrons. The Labute approximate surface area is 116 Å². The molecule has 0 bridgehead atoms. The number of amides is 2. The monoisotopic (exact) mass is 266 g/mol. The average molecular weight is 266 g/mol.